The molecule has 0 unspecified atom stereocenters. The average Bonchev–Trinajstić information content (AvgIpc) is 3.11. The van der Waals surface area contributed by atoms with E-state index in [0.717, 1.165) is 17.3 Å². The Balaban J connectivity index is 1.54. The van der Waals surface area contributed by atoms with Crippen molar-refractivity contribution in [3.8, 4) is 0 Å². The average molecular weight is 450 g/mol. The molecule has 1 amide bonds. The minimum Gasteiger partial charge on any atom is -0.463 e. The molecule has 1 aromatic heterocycles. The fraction of sp³-hybridized carbons (Fsp3) is 0.429. The molecule has 10 heteroatoms. The number of rotatable bonds is 7. The number of nitrogens with zero attached hydrogens (tertiary/aromatic N) is 3. The van der Waals surface area contributed by atoms with Gasteiger partial charge in [0.05, 0.1) is 25.1 Å². The van der Waals surface area contributed by atoms with Gasteiger partial charge in [0.1, 0.15) is 5.76 Å². The number of hydrogen-bond donors (Lipinski definition) is 0. The zero-order valence-electron chi connectivity index (χ0n) is 17.7. The van der Waals surface area contributed by atoms with Crippen LogP contribution >= 0.6 is 0 Å². The fourth-order valence-electron chi connectivity index (χ4n) is 3.42. The normalized spacial score (nSPS) is 15.6. The van der Waals surface area contributed by atoms with E-state index in [0.29, 0.717) is 31.9 Å². The first-order valence-corrected chi connectivity index (χ1v) is 11.4. The van der Waals surface area contributed by atoms with E-state index in [9.17, 15) is 18.0 Å². The van der Waals surface area contributed by atoms with Gasteiger partial charge >= 0.3 is 5.97 Å². The maximum atomic E-state index is 12.7. The lowest BCUT2D eigenvalue weighted by atomic mass is 10.3. The van der Waals surface area contributed by atoms with Crippen molar-refractivity contribution in [1.82, 2.24) is 14.1 Å². The van der Waals surface area contributed by atoms with Gasteiger partial charge in [0.25, 0.3) is 0 Å². The summed E-state index contributed by atoms with van der Waals surface area (Å²) in [6, 6.07) is 11.4. The highest BCUT2D eigenvalue weighted by Gasteiger charge is 2.26. The molecule has 1 saturated heterocycles. The summed E-state index contributed by atoms with van der Waals surface area (Å²) in [6.45, 7) is 2.73. The van der Waals surface area contributed by atoms with Crippen molar-refractivity contribution < 1.29 is 27.2 Å². The molecule has 9 nitrogen and oxygen atoms in total. The minimum absolute atomic E-state index is 0.159. The van der Waals surface area contributed by atoms with Gasteiger partial charge in [-0.05, 0) is 30.7 Å². The Hall–Kier alpha value is -2.69. The van der Waals surface area contributed by atoms with E-state index in [1.54, 1.807) is 35.2 Å². The Bertz CT molecular complexity index is 1010. The van der Waals surface area contributed by atoms with Crippen LogP contribution in [0.3, 0.4) is 0 Å². The first-order chi connectivity index (χ1) is 14.8. The molecule has 0 aliphatic carbocycles. The SMILES string of the molecule is COC(=O)c1ccc(CN2CCCN(C(=O)CN(C)S(=O)(=O)c3ccccc3)CC2)o1. The van der Waals surface area contributed by atoms with Crippen molar-refractivity contribution in [3.63, 3.8) is 0 Å². The molecule has 2 heterocycles. The summed E-state index contributed by atoms with van der Waals surface area (Å²) >= 11 is 0. The van der Waals surface area contributed by atoms with Crippen molar-refractivity contribution in [3.05, 3.63) is 54.0 Å². The van der Waals surface area contributed by atoms with Crippen molar-refractivity contribution >= 4 is 21.9 Å². The molecule has 0 saturated carbocycles. The molecular formula is C21H27N3O6S. The van der Waals surface area contributed by atoms with Crippen LogP contribution in [0.4, 0.5) is 0 Å². The van der Waals surface area contributed by atoms with E-state index >= 15 is 0 Å². The van der Waals surface area contributed by atoms with Crippen LogP contribution < -0.4 is 0 Å². The number of hydrogen-bond acceptors (Lipinski definition) is 7. The van der Waals surface area contributed by atoms with Gasteiger partial charge in [-0.2, -0.15) is 4.31 Å². The molecule has 3 rings (SSSR count). The number of methoxy groups -OCH3 is 1. The molecular weight excluding hydrogens is 422 g/mol. The third kappa shape index (κ3) is 5.72. The number of carbonyl (C=O) groups excluding carboxylic acids is 2. The summed E-state index contributed by atoms with van der Waals surface area (Å²) < 4.78 is 36.5. The first kappa shape index (κ1) is 23.0. The summed E-state index contributed by atoms with van der Waals surface area (Å²) in [7, 11) is -0.999. The van der Waals surface area contributed by atoms with E-state index < -0.39 is 16.0 Å². The number of ether oxygens (including phenoxy) is 1. The molecule has 0 spiro atoms. The Morgan fingerprint density at radius 1 is 1.06 bits per heavy atom. The molecule has 0 bridgehead atoms. The lowest BCUT2D eigenvalue weighted by Gasteiger charge is -2.24. The maximum Gasteiger partial charge on any atom is 0.373 e. The summed E-state index contributed by atoms with van der Waals surface area (Å²) in [5.41, 5.74) is 0. The van der Waals surface area contributed by atoms with Gasteiger partial charge in [-0.25, -0.2) is 13.2 Å². The van der Waals surface area contributed by atoms with Gasteiger partial charge in [0.2, 0.25) is 21.7 Å². The molecule has 0 radical (unpaired) electrons. The van der Waals surface area contributed by atoms with Gasteiger partial charge in [-0.1, -0.05) is 18.2 Å². The van der Waals surface area contributed by atoms with Gasteiger partial charge in [-0.15, -0.1) is 0 Å². The van der Waals surface area contributed by atoms with E-state index in [1.807, 2.05) is 0 Å². The Labute approximate surface area is 182 Å². The fourth-order valence-corrected chi connectivity index (χ4v) is 4.56. The number of likely N-dealkylation sites (N-methyl/N-ethyl adjacent to an activating group) is 1. The van der Waals surface area contributed by atoms with Gasteiger partial charge in [0, 0.05) is 33.2 Å². The molecule has 0 N–H and O–H groups in total. The number of furan rings is 1. The van der Waals surface area contributed by atoms with Gasteiger partial charge in [0.15, 0.2) is 0 Å². The van der Waals surface area contributed by atoms with Crippen LogP contribution in [0, 0.1) is 0 Å². The highest BCUT2D eigenvalue weighted by molar-refractivity contribution is 7.89. The number of benzene rings is 1. The highest BCUT2D eigenvalue weighted by atomic mass is 32.2. The van der Waals surface area contributed by atoms with Crippen LogP contribution in [0.15, 0.2) is 51.8 Å². The standard InChI is InChI=1S/C21H27N3O6S/c1-22(31(27,28)18-7-4-3-5-8-18)16-20(25)24-12-6-11-23(13-14-24)15-17-9-10-19(30-17)21(26)29-2/h3-5,7-10H,6,11-16H2,1-2H3. The summed E-state index contributed by atoms with van der Waals surface area (Å²) in [6.07, 6.45) is 0.755. The number of amides is 1. The largest absolute Gasteiger partial charge is 0.463 e. The number of carbonyl (C=O) groups is 2. The van der Waals surface area contributed by atoms with Crippen molar-refractivity contribution in [2.45, 2.75) is 17.9 Å². The van der Waals surface area contributed by atoms with Crippen LogP contribution in [-0.2, 0) is 26.1 Å². The van der Waals surface area contributed by atoms with Crippen LogP contribution in [0.1, 0.15) is 22.7 Å². The second-order valence-corrected chi connectivity index (χ2v) is 9.39. The Morgan fingerprint density at radius 3 is 2.52 bits per heavy atom. The molecule has 168 valence electrons. The van der Waals surface area contributed by atoms with Crippen molar-refractivity contribution in [2.75, 3.05) is 46.9 Å². The van der Waals surface area contributed by atoms with Crippen molar-refractivity contribution in [2.24, 2.45) is 0 Å². The monoisotopic (exact) mass is 449 g/mol. The highest BCUT2D eigenvalue weighted by Crippen LogP contribution is 2.16. The molecule has 1 aliphatic heterocycles. The number of sulfonamides is 1. The zero-order valence-corrected chi connectivity index (χ0v) is 18.5. The van der Waals surface area contributed by atoms with E-state index in [4.69, 9.17) is 4.42 Å². The van der Waals surface area contributed by atoms with Gasteiger partial charge in [-0.3, -0.25) is 9.69 Å². The smallest absolute Gasteiger partial charge is 0.373 e. The molecule has 2 aromatic rings. The zero-order chi connectivity index (χ0) is 22.4. The number of esters is 1. The maximum absolute atomic E-state index is 12.7. The van der Waals surface area contributed by atoms with Crippen LogP contribution in [0.2, 0.25) is 0 Å². The third-order valence-corrected chi connectivity index (χ3v) is 7.00. The van der Waals surface area contributed by atoms with Gasteiger partial charge < -0.3 is 14.1 Å². The summed E-state index contributed by atoms with van der Waals surface area (Å²) in [5.74, 6) is 0.0592. The summed E-state index contributed by atoms with van der Waals surface area (Å²) in [4.78, 5) is 28.3. The summed E-state index contributed by atoms with van der Waals surface area (Å²) in [5, 5.41) is 0. The van der Waals surface area contributed by atoms with Crippen LogP contribution in [-0.4, -0.2) is 81.3 Å². The Kier molecular flexibility index (Phi) is 7.47. The predicted molar refractivity (Wildman–Crippen MR) is 113 cm³/mol. The van der Waals surface area contributed by atoms with E-state index in [2.05, 4.69) is 9.64 Å². The van der Waals surface area contributed by atoms with E-state index in [1.165, 1.54) is 26.3 Å². The van der Waals surface area contributed by atoms with Crippen LogP contribution in [0.25, 0.3) is 0 Å². The second-order valence-electron chi connectivity index (χ2n) is 7.34. The quantitative estimate of drug-likeness (QED) is 0.590. The lowest BCUT2D eigenvalue weighted by molar-refractivity contribution is -0.131. The minimum atomic E-state index is -3.72. The molecule has 1 aromatic carbocycles. The molecule has 31 heavy (non-hydrogen) atoms. The second kappa shape index (κ2) is 10.1. The predicted octanol–water partition coefficient (Wildman–Crippen LogP) is 1.42. The first-order valence-electron chi connectivity index (χ1n) is 10.00. The van der Waals surface area contributed by atoms with Crippen molar-refractivity contribution in [1.29, 1.82) is 0 Å². The molecule has 1 fully saturated rings. The molecule has 0 atom stereocenters. The van der Waals surface area contributed by atoms with E-state index in [-0.39, 0.29) is 23.1 Å². The van der Waals surface area contributed by atoms with Crippen LogP contribution in [0.5, 0.6) is 0 Å². The molecule has 1 aliphatic rings. The third-order valence-electron chi connectivity index (χ3n) is 5.18. The topological polar surface area (TPSA) is 100 Å². The lowest BCUT2D eigenvalue weighted by Crippen LogP contribution is -2.42. The Morgan fingerprint density at radius 2 is 1.81 bits per heavy atom.